The highest BCUT2D eigenvalue weighted by atomic mass is 16.4. The fourth-order valence-electron chi connectivity index (χ4n) is 3.61. The first kappa shape index (κ1) is 14.8. The quantitative estimate of drug-likeness (QED) is 0.839. The lowest BCUT2D eigenvalue weighted by Gasteiger charge is -2.29. The summed E-state index contributed by atoms with van der Waals surface area (Å²) in [6.45, 7) is 0. The van der Waals surface area contributed by atoms with Gasteiger partial charge in [0.2, 0.25) is 0 Å². The van der Waals surface area contributed by atoms with E-state index in [9.17, 15) is 14.7 Å². The molecule has 4 heteroatoms. The fraction of sp³-hybridized carbons (Fsp3) is 0.500. The summed E-state index contributed by atoms with van der Waals surface area (Å²) in [5.74, 6) is -0.480. The van der Waals surface area contributed by atoms with Gasteiger partial charge in [0.25, 0.3) is 0 Å². The maximum atomic E-state index is 12.5. The van der Waals surface area contributed by atoms with E-state index in [1.165, 1.54) is 0 Å². The van der Waals surface area contributed by atoms with Crippen LogP contribution in [0.4, 0.5) is 0 Å². The largest absolute Gasteiger partial charge is 0.481 e. The van der Waals surface area contributed by atoms with E-state index < -0.39 is 11.4 Å². The van der Waals surface area contributed by atoms with Crippen molar-refractivity contribution in [1.29, 1.82) is 5.26 Å². The van der Waals surface area contributed by atoms with Gasteiger partial charge in [-0.25, -0.2) is 0 Å². The minimum absolute atomic E-state index is 0.0312. The smallest absolute Gasteiger partial charge is 0.310 e. The second-order valence-electron chi connectivity index (χ2n) is 6.60. The number of benzene rings is 1. The number of nitrogens with zero attached hydrogens (tertiary/aromatic N) is 1. The predicted molar refractivity (Wildman–Crippen MR) is 80.0 cm³/mol. The van der Waals surface area contributed by atoms with E-state index in [4.69, 9.17) is 5.26 Å². The van der Waals surface area contributed by atoms with Crippen LogP contribution in [0.1, 0.15) is 43.2 Å². The molecule has 0 aliphatic heterocycles. The normalized spacial score (nSPS) is 17.8. The van der Waals surface area contributed by atoms with Crippen molar-refractivity contribution in [2.24, 2.45) is 17.3 Å². The molecule has 0 heterocycles. The highest BCUT2D eigenvalue weighted by Crippen LogP contribution is 2.60. The Balaban J connectivity index is 1.74. The number of hydrogen-bond acceptors (Lipinski definition) is 3. The zero-order chi connectivity index (χ0) is 15.7. The van der Waals surface area contributed by atoms with Crippen molar-refractivity contribution in [2.45, 2.75) is 38.5 Å². The zero-order valence-electron chi connectivity index (χ0n) is 12.4. The molecule has 1 aromatic carbocycles. The summed E-state index contributed by atoms with van der Waals surface area (Å²) in [4.78, 5) is 24.3. The SMILES string of the molecule is N#Cc1cccc(CC(=O)CC(C(=O)O)(C2CC2)C2CC2)c1. The lowest BCUT2D eigenvalue weighted by atomic mass is 9.73. The van der Waals surface area contributed by atoms with E-state index in [1.807, 2.05) is 6.07 Å². The molecule has 0 atom stereocenters. The maximum Gasteiger partial charge on any atom is 0.310 e. The molecular weight excluding hydrogens is 278 g/mol. The predicted octanol–water partition coefficient (Wildman–Crippen LogP) is 2.95. The standard InChI is InChI=1S/C18H19NO3/c19-11-13-3-1-2-12(8-13)9-16(20)10-18(17(21)22,14-4-5-14)15-6-7-15/h1-3,8,14-15H,4-7,9-10H2,(H,21,22). The van der Waals surface area contributed by atoms with Gasteiger partial charge in [-0.3, -0.25) is 9.59 Å². The summed E-state index contributed by atoms with van der Waals surface area (Å²) in [5.41, 5.74) is 0.485. The first-order chi connectivity index (χ1) is 10.6. The number of rotatable bonds is 7. The second-order valence-corrected chi connectivity index (χ2v) is 6.60. The number of carboxylic acids is 1. The van der Waals surface area contributed by atoms with Gasteiger partial charge in [-0.2, -0.15) is 5.26 Å². The molecule has 1 N–H and O–H groups in total. The number of carbonyl (C=O) groups excluding carboxylic acids is 1. The van der Waals surface area contributed by atoms with Gasteiger partial charge < -0.3 is 5.11 Å². The van der Waals surface area contributed by atoms with Gasteiger partial charge in [-0.15, -0.1) is 0 Å². The van der Waals surface area contributed by atoms with Crippen LogP contribution in [0.25, 0.3) is 0 Å². The van der Waals surface area contributed by atoms with Crippen LogP contribution in [0.2, 0.25) is 0 Å². The molecule has 4 nitrogen and oxygen atoms in total. The number of aliphatic carboxylic acids is 1. The van der Waals surface area contributed by atoms with E-state index in [0.29, 0.717) is 5.56 Å². The second kappa shape index (κ2) is 5.57. The highest BCUT2D eigenvalue weighted by Gasteiger charge is 2.59. The average molecular weight is 297 g/mol. The molecule has 0 saturated heterocycles. The van der Waals surface area contributed by atoms with Crippen molar-refractivity contribution in [2.75, 3.05) is 0 Å². The maximum absolute atomic E-state index is 12.5. The number of Topliss-reactive ketones (excluding diaryl/α,β-unsaturated/α-hetero) is 1. The lowest BCUT2D eigenvalue weighted by Crippen LogP contribution is -2.38. The average Bonchev–Trinajstić information content (AvgIpc) is 3.37. The third-order valence-corrected chi connectivity index (χ3v) is 4.96. The number of carbonyl (C=O) groups is 2. The first-order valence-corrected chi connectivity index (χ1v) is 7.80. The molecule has 0 aromatic heterocycles. The van der Waals surface area contributed by atoms with Crippen LogP contribution in [-0.2, 0) is 16.0 Å². The van der Waals surface area contributed by atoms with Crippen LogP contribution >= 0.6 is 0 Å². The van der Waals surface area contributed by atoms with Crippen molar-refractivity contribution in [3.8, 4) is 6.07 Å². The van der Waals surface area contributed by atoms with Crippen LogP contribution < -0.4 is 0 Å². The molecule has 0 spiro atoms. The molecule has 1 aromatic rings. The fourth-order valence-corrected chi connectivity index (χ4v) is 3.61. The van der Waals surface area contributed by atoms with E-state index in [0.717, 1.165) is 31.2 Å². The molecule has 0 radical (unpaired) electrons. The Morgan fingerprint density at radius 3 is 2.36 bits per heavy atom. The monoisotopic (exact) mass is 297 g/mol. The number of nitriles is 1. The Kier molecular flexibility index (Phi) is 3.74. The van der Waals surface area contributed by atoms with Crippen molar-refractivity contribution >= 4 is 11.8 Å². The van der Waals surface area contributed by atoms with Crippen LogP contribution in [-0.4, -0.2) is 16.9 Å². The summed E-state index contributed by atoms with van der Waals surface area (Å²) >= 11 is 0. The van der Waals surface area contributed by atoms with Crippen LogP contribution in [0.3, 0.4) is 0 Å². The van der Waals surface area contributed by atoms with Gasteiger partial charge in [-0.05, 0) is 55.2 Å². The minimum atomic E-state index is -0.829. The van der Waals surface area contributed by atoms with E-state index >= 15 is 0 Å². The van der Waals surface area contributed by atoms with Crippen molar-refractivity contribution in [3.05, 3.63) is 35.4 Å². The topological polar surface area (TPSA) is 78.2 Å². The Labute approximate surface area is 129 Å². The van der Waals surface area contributed by atoms with Crippen LogP contribution in [0.15, 0.2) is 24.3 Å². The molecular formula is C18H19NO3. The molecule has 0 unspecified atom stereocenters. The summed E-state index contributed by atoms with van der Waals surface area (Å²) < 4.78 is 0. The molecule has 3 rings (SSSR count). The van der Waals surface area contributed by atoms with Gasteiger partial charge in [-0.1, -0.05) is 12.1 Å². The van der Waals surface area contributed by atoms with Crippen LogP contribution in [0, 0.1) is 28.6 Å². The van der Waals surface area contributed by atoms with Gasteiger partial charge in [0.1, 0.15) is 5.78 Å². The van der Waals surface area contributed by atoms with Crippen molar-refractivity contribution in [1.82, 2.24) is 0 Å². The molecule has 2 aliphatic rings. The Morgan fingerprint density at radius 2 is 1.86 bits per heavy atom. The lowest BCUT2D eigenvalue weighted by molar-refractivity contribution is -0.155. The molecule has 0 bridgehead atoms. The number of ketones is 1. The van der Waals surface area contributed by atoms with Crippen molar-refractivity contribution < 1.29 is 14.7 Å². The van der Waals surface area contributed by atoms with Crippen molar-refractivity contribution in [3.63, 3.8) is 0 Å². The molecule has 22 heavy (non-hydrogen) atoms. The Bertz CT molecular complexity index is 639. The van der Waals surface area contributed by atoms with E-state index in [-0.39, 0.29) is 30.5 Å². The van der Waals surface area contributed by atoms with Gasteiger partial charge in [0, 0.05) is 12.8 Å². The number of hydrogen-bond donors (Lipinski definition) is 1. The van der Waals surface area contributed by atoms with Gasteiger partial charge in [0.05, 0.1) is 17.0 Å². The van der Waals surface area contributed by atoms with E-state index in [2.05, 4.69) is 6.07 Å². The van der Waals surface area contributed by atoms with Crippen LogP contribution in [0.5, 0.6) is 0 Å². The van der Waals surface area contributed by atoms with E-state index in [1.54, 1.807) is 18.2 Å². The Morgan fingerprint density at radius 1 is 1.23 bits per heavy atom. The number of carboxylic acid groups (broad SMARTS) is 1. The first-order valence-electron chi connectivity index (χ1n) is 7.80. The third kappa shape index (κ3) is 2.76. The summed E-state index contributed by atoms with van der Waals surface area (Å²) in [6, 6.07) is 9.03. The molecule has 2 fully saturated rings. The minimum Gasteiger partial charge on any atom is -0.481 e. The highest BCUT2D eigenvalue weighted by molar-refractivity contribution is 5.88. The third-order valence-electron chi connectivity index (χ3n) is 4.96. The summed E-state index contributed by atoms with van der Waals surface area (Å²) in [7, 11) is 0. The van der Waals surface area contributed by atoms with Gasteiger partial charge >= 0.3 is 5.97 Å². The zero-order valence-corrected chi connectivity index (χ0v) is 12.4. The molecule has 114 valence electrons. The molecule has 2 aliphatic carbocycles. The summed E-state index contributed by atoms with van der Waals surface area (Å²) in [6.07, 6.45) is 4.07. The summed E-state index contributed by atoms with van der Waals surface area (Å²) in [5, 5.41) is 18.7. The molecule has 0 amide bonds. The Hall–Kier alpha value is -2.15. The van der Waals surface area contributed by atoms with Gasteiger partial charge in [0.15, 0.2) is 0 Å². The molecule has 2 saturated carbocycles.